The summed E-state index contributed by atoms with van der Waals surface area (Å²) in [6, 6.07) is 12.1. The Kier molecular flexibility index (Phi) is 9.85. The number of imide groups is 1. The predicted molar refractivity (Wildman–Crippen MR) is 211 cm³/mol. The average molecular weight is 778 g/mol. The zero-order valence-electron chi connectivity index (χ0n) is 31.8. The van der Waals surface area contributed by atoms with Gasteiger partial charge in [0.25, 0.3) is 0 Å². The zero-order chi connectivity index (χ0) is 39.2. The summed E-state index contributed by atoms with van der Waals surface area (Å²) in [7, 11) is 0. The van der Waals surface area contributed by atoms with Crippen molar-refractivity contribution in [3.8, 4) is 5.88 Å². The summed E-state index contributed by atoms with van der Waals surface area (Å²) in [4.78, 5) is 54.7. The van der Waals surface area contributed by atoms with Crippen molar-refractivity contribution in [3.63, 3.8) is 0 Å². The number of benzene rings is 2. The Hall–Kier alpha value is -5.83. The van der Waals surface area contributed by atoms with Crippen molar-refractivity contribution in [2.24, 2.45) is 0 Å². The molecule has 0 saturated carbocycles. The molecule has 0 radical (unpaired) electrons. The van der Waals surface area contributed by atoms with E-state index < -0.39 is 23.5 Å². The minimum Gasteiger partial charge on any atom is -0.474 e. The lowest BCUT2D eigenvalue weighted by Gasteiger charge is -2.49. The molecule has 5 aliphatic heterocycles. The van der Waals surface area contributed by atoms with E-state index >= 15 is 8.78 Å². The van der Waals surface area contributed by atoms with Gasteiger partial charge in [-0.15, -0.1) is 0 Å². The van der Waals surface area contributed by atoms with Gasteiger partial charge in [0.1, 0.15) is 29.7 Å². The lowest BCUT2D eigenvalue weighted by Crippen LogP contribution is -2.63. The number of amides is 3. The molecule has 0 spiro atoms. The molecule has 0 aliphatic carbocycles. The topological polar surface area (TPSA) is 135 Å². The molecule has 296 valence electrons. The molecule has 3 N–H and O–H groups in total. The number of carbonyl (C=O) groups is 3. The van der Waals surface area contributed by atoms with E-state index in [-0.39, 0.29) is 30.7 Å². The van der Waals surface area contributed by atoms with Crippen molar-refractivity contribution in [2.75, 3.05) is 79.4 Å². The van der Waals surface area contributed by atoms with Gasteiger partial charge >= 0.3 is 0 Å². The van der Waals surface area contributed by atoms with Gasteiger partial charge in [0.2, 0.25) is 23.6 Å². The number of piperidine rings is 1. The maximum absolute atomic E-state index is 15.4. The van der Waals surface area contributed by atoms with Crippen LogP contribution in [0.5, 0.6) is 5.88 Å². The van der Waals surface area contributed by atoms with Crippen LogP contribution in [-0.4, -0.2) is 102 Å². The predicted octanol–water partition coefficient (Wildman–Crippen LogP) is 4.27. The molecule has 57 heavy (non-hydrogen) atoms. The summed E-state index contributed by atoms with van der Waals surface area (Å²) in [6.45, 7) is 8.99. The Morgan fingerprint density at radius 3 is 2.56 bits per heavy atom. The van der Waals surface area contributed by atoms with Crippen LogP contribution in [0.3, 0.4) is 0 Å². The van der Waals surface area contributed by atoms with Gasteiger partial charge in [0.15, 0.2) is 0 Å². The van der Waals surface area contributed by atoms with Crippen LogP contribution in [0.25, 0.3) is 0 Å². The lowest BCUT2D eigenvalue weighted by atomic mass is 9.90. The third-order valence-electron chi connectivity index (χ3n) is 12.0. The number of halogens is 2. The number of hydrogen-bond donors (Lipinski definition) is 3. The normalized spacial score (nSPS) is 19.8. The monoisotopic (exact) mass is 777 g/mol. The number of aromatic nitrogens is 2. The maximum Gasteiger partial charge on any atom is 0.237 e. The maximum atomic E-state index is 15.4. The molecule has 3 saturated heterocycles. The lowest BCUT2D eigenvalue weighted by molar-refractivity contribution is -0.134. The smallest absolute Gasteiger partial charge is 0.237 e. The van der Waals surface area contributed by atoms with Crippen molar-refractivity contribution in [2.45, 2.75) is 51.1 Å². The highest BCUT2D eigenvalue weighted by molar-refractivity contribution is 6.01. The first-order chi connectivity index (χ1) is 27.7. The van der Waals surface area contributed by atoms with Crippen LogP contribution in [-0.2, 0) is 33.8 Å². The molecule has 13 nitrogen and oxygen atoms in total. The number of nitrogens with one attached hydrogen (secondary N) is 3. The molecule has 1 unspecified atom stereocenters. The summed E-state index contributed by atoms with van der Waals surface area (Å²) in [5.41, 5.74) is 7.43. The second-order valence-corrected chi connectivity index (χ2v) is 15.5. The first-order valence-electron chi connectivity index (χ1n) is 19.7. The van der Waals surface area contributed by atoms with Gasteiger partial charge in [0, 0.05) is 100 Å². The van der Waals surface area contributed by atoms with Crippen molar-refractivity contribution in [1.29, 1.82) is 0 Å². The second-order valence-electron chi connectivity index (χ2n) is 15.5. The number of ether oxygens (including phenoxy) is 1. The van der Waals surface area contributed by atoms with Crippen molar-refractivity contribution < 1.29 is 27.9 Å². The number of piperazine rings is 1. The highest BCUT2D eigenvalue weighted by Gasteiger charge is 2.36. The number of anilines is 5. The molecule has 15 heteroatoms. The Balaban J connectivity index is 0.752. The van der Waals surface area contributed by atoms with E-state index in [1.54, 1.807) is 23.1 Å². The van der Waals surface area contributed by atoms with Crippen LogP contribution in [0.15, 0.2) is 54.9 Å². The molecule has 5 aliphatic rings. The van der Waals surface area contributed by atoms with E-state index in [4.69, 9.17) is 4.74 Å². The second kappa shape index (κ2) is 15.3. The number of fused-ring (bicyclic) bond motifs is 2. The van der Waals surface area contributed by atoms with Gasteiger partial charge in [-0.3, -0.25) is 24.6 Å². The minimum atomic E-state index is -0.659. The molecule has 1 atom stereocenters. The number of rotatable bonds is 8. The van der Waals surface area contributed by atoms with E-state index in [0.717, 1.165) is 60.8 Å². The minimum absolute atomic E-state index is 0.0186. The fraction of sp³-hybridized carbons (Fsp3) is 0.405. The fourth-order valence-corrected chi connectivity index (χ4v) is 8.65. The van der Waals surface area contributed by atoms with Crippen LogP contribution < -0.4 is 30.5 Å². The molecule has 0 bridgehead atoms. The van der Waals surface area contributed by atoms with Gasteiger partial charge in [-0.1, -0.05) is 12.1 Å². The van der Waals surface area contributed by atoms with Gasteiger partial charge in [-0.05, 0) is 66.8 Å². The van der Waals surface area contributed by atoms with Crippen LogP contribution in [0.2, 0.25) is 0 Å². The van der Waals surface area contributed by atoms with E-state index in [2.05, 4.69) is 47.5 Å². The summed E-state index contributed by atoms with van der Waals surface area (Å²) < 4.78 is 36.2. The standard InChI is InChI=1S/C42H45F2N9O4/c1-25-36(21-47-42-40(25)45-9-15-57-42)52-10-8-27-20-46-37(16-28(27)22-52)48-29-3-2-26(34(43)18-29)17-39(55)51-13-11-50(12-14-51)31-23-53(24-31)30-4-5-32(35(44)19-30)33-6-7-38(54)49-41(33)56/h2-5,16,18-21,31,33,45H,6-15,17,22-24H2,1H3,(H,46,48)(H,49,54,56). The molecule has 2 aromatic heterocycles. The first kappa shape index (κ1) is 36.8. The summed E-state index contributed by atoms with van der Waals surface area (Å²) >= 11 is 0. The molecule has 9 rings (SSSR count). The van der Waals surface area contributed by atoms with E-state index in [0.29, 0.717) is 74.3 Å². The van der Waals surface area contributed by atoms with Crippen LogP contribution in [0.4, 0.5) is 37.3 Å². The summed E-state index contributed by atoms with van der Waals surface area (Å²) in [6.07, 6.45) is 5.11. The Morgan fingerprint density at radius 1 is 0.930 bits per heavy atom. The number of pyridine rings is 2. The van der Waals surface area contributed by atoms with Crippen LogP contribution in [0, 0.1) is 18.6 Å². The van der Waals surface area contributed by atoms with Gasteiger partial charge < -0.3 is 30.1 Å². The molecular weight excluding hydrogens is 733 g/mol. The quantitative estimate of drug-likeness (QED) is 0.222. The molecule has 7 heterocycles. The van der Waals surface area contributed by atoms with E-state index in [9.17, 15) is 14.4 Å². The van der Waals surface area contributed by atoms with Crippen molar-refractivity contribution in [1.82, 2.24) is 25.1 Å². The third kappa shape index (κ3) is 7.43. The zero-order valence-corrected chi connectivity index (χ0v) is 31.8. The van der Waals surface area contributed by atoms with Crippen molar-refractivity contribution in [3.05, 3.63) is 94.3 Å². The number of nitrogens with zero attached hydrogens (tertiary/aromatic N) is 6. The SMILES string of the molecule is Cc1c(N2CCc3cnc(Nc4ccc(CC(=O)N5CCN(C6CN(c7ccc(C8CCC(=O)NC8=O)c(F)c7)C6)CC5)c(F)c4)cc3C2)cnc2c1NCCO2. The van der Waals surface area contributed by atoms with Gasteiger partial charge in [0.05, 0.1) is 24.2 Å². The summed E-state index contributed by atoms with van der Waals surface area (Å²) in [5.74, 6) is -1.16. The molecule has 3 fully saturated rings. The van der Waals surface area contributed by atoms with Crippen LogP contribution >= 0.6 is 0 Å². The Bertz CT molecular complexity index is 2240. The number of carbonyl (C=O) groups excluding carboxylic acids is 3. The van der Waals surface area contributed by atoms with E-state index in [1.807, 2.05) is 24.5 Å². The third-order valence-corrected chi connectivity index (χ3v) is 12.0. The molecule has 2 aromatic carbocycles. The molecule has 4 aromatic rings. The Morgan fingerprint density at radius 2 is 1.77 bits per heavy atom. The van der Waals surface area contributed by atoms with Crippen molar-refractivity contribution >= 4 is 46.3 Å². The van der Waals surface area contributed by atoms with Gasteiger partial charge in [-0.25, -0.2) is 18.7 Å². The average Bonchev–Trinajstić information content (AvgIpc) is 3.19. The number of hydrogen-bond acceptors (Lipinski definition) is 11. The Labute approximate surface area is 329 Å². The van der Waals surface area contributed by atoms with E-state index in [1.165, 1.54) is 17.7 Å². The fourth-order valence-electron chi connectivity index (χ4n) is 8.65. The molecular formula is C42H45F2N9O4. The van der Waals surface area contributed by atoms with Gasteiger partial charge in [-0.2, -0.15) is 0 Å². The highest BCUT2D eigenvalue weighted by Crippen LogP contribution is 2.37. The summed E-state index contributed by atoms with van der Waals surface area (Å²) in [5, 5.41) is 8.96. The first-order valence-corrected chi connectivity index (χ1v) is 19.7. The van der Waals surface area contributed by atoms with Crippen LogP contribution in [0.1, 0.15) is 46.6 Å². The molecule has 3 amide bonds. The highest BCUT2D eigenvalue weighted by atomic mass is 19.1. The largest absolute Gasteiger partial charge is 0.474 e.